The van der Waals surface area contributed by atoms with Crippen molar-refractivity contribution in [3.05, 3.63) is 27.2 Å². The second kappa shape index (κ2) is 8.13. The van der Waals surface area contributed by atoms with Crippen molar-refractivity contribution in [2.75, 3.05) is 6.61 Å². The molecule has 0 spiro atoms. The molecule has 2 aromatic heterocycles. The van der Waals surface area contributed by atoms with Crippen LogP contribution in [0, 0.1) is 5.92 Å². The van der Waals surface area contributed by atoms with Crippen molar-refractivity contribution in [2.45, 2.75) is 59.4 Å². The zero-order chi connectivity index (χ0) is 18.6. The predicted octanol–water partition coefficient (Wildman–Crippen LogP) is 2.67. The van der Waals surface area contributed by atoms with E-state index in [0.717, 1.165) is 30.3 Å². The zero-order valence-corrected chi connectivity index (χ0v) is 15.2. The van der Waals surface area contributed by atoms with Gasteiger partial charge in [0.05, 0.1) is 6.61 Å². The van der Waals surface area contributed by atoms with Crippen molar-refractivity contribution < 1.29 is 9.53 Å². The van der Waals surface area contributed by atoms with Crippen LogP contribution < -0.4 is 11.4 Å². The molecule has 0 saturated carbocycles. The number of ether oxygens (including phenoxy) is 1. The van der Waals surface area contributed by atoms with Crippen LogP contribution in [0.1, 0.15) is 59.4 Å². The Bertz CT molecular complexity index is 846. The van der Waals surface area contributed by atoms with Gasteiger partial charge in [-0.25, -0.2) is 14.4 Å². The van der Waals surface area contributed by atoms with Gasteiger partial charge in [-0.1, -0.05) is 33.1 Å². The maximum absolute atomic E-state index is 12.6. The summed E-state index contributed by atoms with van der Waals surface area (Å²) in [5.74, 6) is 0.274. The van der Waals surface area contributed by atoms with E-state index in [1.807, 2.05) is 0 Å². The van der Waals surface area contributed by atoms with Gasteiger partial charge in [0.1, 0.15) is 5.52 Å². The molecule has 0 bridgehead atoms. The Morgan fingerprint density at radius 1 is 1.32 bits per heavy atom. The SMILES string of the molecule is CCCCC(CC)COC(=O)n1c(=O)n(C(C)C)c2nc(=O)[nH]cc21. The molecule has 8 nitrogen and oxygen atoms in total. The summed E-state index contributed by atoms with van der Waals surface area (Å²) in [4.78, 5) is 42.9. The molecular formula is C17H26N4O4. The molecule has 1 unspecified atom stereocenters. The van der Waals surface area contributed by atoms with Crippen LogP contribution in [0.3, 0.4) is 0 Å². The first-order valence-electron chi connectivity index (χ1n) is 8.80. The number of nitrogens with zero attached hydrogens (tertiary/aromatic N) is 3. The van der Waals surface area contributed by atoms with Crippen molar-refractivity contribution in [1.29, 1.82) is 0 Å². The molecule has 2 aromatic rings. The van der Waals surface area contributed by atoms with Gasteiger partial charge in [-0.15, -0.1) is 0 Å². The summed E-state index contributed by atoms with van der Waals surface area (Å²) < 4.78 is 7.64. The van der Waals surface area contributed by atoms with E-state index in [4.69, 9.17) is 4.74 Å². The molecule has 1 atom stereocenters. The maximum atomic E-state index is 12.6. The Morgan fingerprint density at radius 2 is 2.04 bits per heavy atom. The fraction of sp³-hybridized carbons (Fsp3) is 0.647. The van der Waals surface area contributed by atoms with Crippen molar-refractivity contribution in [3.63, 3.8) is 0 Å². The molecule has 2 rings (SSSR count). The van der Waals surface area contributed by atoms with Crippen molar-refractivity contribution in [1.82, 2.24) is 19.1 Å². The van der Waals surface area contributed by atoms with Gasteiger partial charge in [-0.2, -0.15) is 9.55 Å². The van der Waals surface area contributed by atoms with Gasteiger partial charge in [-0.05, 0) is 26.2 Å². The number of unbranched alkanes of at least 4 members (excludes halogenated alkanes) is 1. The lowest BCUT2D eigenvalue weighted by Crippen LogP contribution is -2.31. The van der Waals surface area contributed by atoms with Crippen LogP contribution in [0.25, 0.3) is 11.2 Å². The van der Waals surface area contributed by atoms with Crippen molar-refractivity contribution in [2.24, 2.45) is 5.92 Å². The Morgan fingerprint density at radius 3 is 2.64 bits per heavy atom. The van der Waals surface area contributed by atoms with Crippen LogP contribution in [0.4, 0.5) is 4.79 Å². The Labute approximate surface area is 145 Å². The molecule has 0 radical (unpaired) electrons. The number of H-pyrrole nitrogens is 1. The predicted molar refractivity (Wildman–Crippen MR) is 95.1 cm³/mol. The van der Waals surface area contributed by atoms with Crippen LogP contribution in [-0.4, -0.2) is 31.8 Å². The number of nitrogens with one attached hydrogen (secondary N) is 1. The molecule has 2 heterocycles. The highest BCUT2D eigenvalue weighted by molar-refractivity contribution is 5.84. The number of carbonyl (C=O) groups is 1. The highest BCUT2D eigenvalue weighted by Crippen LogP contribution is 2.15. The first-order chi connectivity index (χ1) is 11.9. The molecule has 0 fully saturated rings. The third-order valence-electron chi connectivity index (χ3n) is 4.32. The molecule has 0 aliphatic rings. The van der Waals surface area contributed by atoms with Gasteiger partial charge in [0.25, 0.3) is 0 Å². The third-order valence-corrected chi connectivity index (χ3v) is 4.32. The molecule has 0 aliphatic carbocycles. The molecular weight excluding hydrogens is 324 g/mol. The highest BCUT2D eigenvalue weighted by atomic mass is 16.5. The number of hydrogen-bond donors (Lipinski definition) is 1. The average Bonchev–Trinajstić information content (AvgIpc) is 2.86. The van der Waals surface area contributed by atoms with E-state index in [9.17, 15) is 14.4 Å². The van der Waals surface area contributed by atoms with E-state index in [-0.39, 0.29) is 29.7 Å². The lowest BCUT2D eigenvalue weighted by atomic mass is 10.0. The van der Waals surface area contributed by atoms with Gasteiger partial charge in [0.15, 0.2) is 5.65 Å². The second-order valence-electron chi connectivity index (χ2n) is 6.49. The molecule has 0 aromatic carbocycles. The largest absolute Gasteiger partial charge is 0.449 e. The Hall–Kier alpha value is -2.38. The van der Waals surface area contributed by atoms with E-state index in [0.29, 0.717) is 0 Å². The van der Waals surface area contributed by atoms with Gasteiger partial charge >= 0.3 is 17.5 Å². The number of aromatic nitrogens is 4. The summed E-state index contributed by atoms with van der Waals surface area (Å²) in [6.07, 6.45) is 4.64. The van der Waals surface area contributed by atoms with E-state index in [2.05, 4.69) is 23.8 Å². The fourth-order valence-corrected chi connectivity index (χ4v) is 2.82. The lowest BCUT2D eigenvalue weighted by molar-refractivity contribution is 0.124. The van der Waals surface area contributed by atoms with Crippen LogP contribution in [0.15, 0.2) is 15.8 Å². The quantitative estimate of drug-likeness (QED) is 0.827. The van der Waals surface area contributed by atoms with Crippen LogP contribution in [0.2, 0.25) is 0 Å². The summed E-state index contributed by atoms with van der Waals surface area (Å²) in [5, 5.41) is 0. The third kappa shape index (κ3) is 4.00. The topological polar surface area (TPSA) is 99.0 Å². The minimum atomic E-state index is -0.738. The smallest absolute Gasteiger partial charge is 0.422 e. The summed E-state index contributed by atoms with van der Waals surface area (Å²) >= 11 is 0. The standard InChI is InChI=1S/C17H26N4O4/c1-5-7-8-12(6-2)10-25-17(24)21-13-9-18-15(22)19-14(13)20(11(3)4)16(21)23/h9,11-12H,5-8,10H2,1-4H3,(H,18,19,22). The number of fused-ring (bicyclic) bond motifs is 1. The number of aromatic amines is 1. The molecule has 0 aliphatic heterocycles. The van der Waals surface area contributed by atoms with Gasteiger partial charge < -0.3 is 9.72 Å². The summed E-state index contributed by atoms with van der Waals surface area (Å²) in [5.41, 5.74) is -0.704. The second-order valence-corrected chi connectivity index (χ2v) is 6.49. The molecule has 138 valence electrons. The summed E-state index contributed by atoms with van der Waals surface area (Å²) in [6, 6.07) is -0.244. The molecule has 1 N–H and O–H groups in total. The number of hydrogen-bond acceptors (Lipinski definition) is 5. The number of imidazole rings is 1. The van der Waals surface area contributed by atoms with Gasteiger partial charge in [0.2, 0.25) is 0 Å². The highest BCUT2D eigenvalue weighted by Gasteiger charge is 2.23. The van der Waals surface area contributed by atoms with Crippen molar-refractivity contribution in [3.8, 4) is 0 Å². The zero-order valence-electron chi connectivity index (χ0n) is 15.2. The summed E-state index contributed by atoms with van der Waals surface area (Å²) in [7, 11) is 0. The summed E-state index contributed by atoms with van der Waals surface area (Å²) in [6.45, 7) is 8.02. The first-order valence-corrected chi connectivity index (χ1v) is 8.80. The van der Waals surface area contributed by atoms with E-state index < -0.39 is 17.5 Å². The van der Waals surface area contributed by atoms with Crippen LogP contribution in [0.5, 0.6) is 0 Å². The Kier molecular flexibility index (Phi) is 6.17. The minimum absolute atomic E-state index is 0.179. The minimum Gasteiger partial charge on any atom is -0.449 e. The van der Waals surface area contributed by atoms with Crippen molar-refractivity contribution >= 4 is 17.3 Å². The normalized spacial score (nSPS) is 12.7. The van der Waals surface area contributed by atoms with Gasteiger partial charge in [0, 0.05) is 12.2 Å². The van der Waals surface area contributed by atoms with E-state index in [1.165, 1.54) is 10.8 Å². The molecule has 25 heavy (non-hydrogen) atoms. The number of rotatable bonds is 7. The maximum Gasteiger partial charge on any atom is 0.422 e. The van der Waals surface area contributed by atoms with E-state index >= 15 is 0 Å². The monoisotopic (exact) mass is 350 g/mol. The molecule has 0 amide bonds. The Balaban J connectivity index is 2.34. The average molecular weight is 350 g/mol. The van der Waals surface area contributed by atoms with Crippen LogP contribution >= 0.6 is 0 Å². The molecule has 8 heteroatoms. The first kappa shape index (κ1) is 19.0. The van der Waals surface area contributed by atoms with E-state index in [1.54, 1.807) is 13.8 Å². The van der Waals surface area contributed by atoms with Crippen LogP contribution in [-0.2, 0) is 4.74 Å². The van der Waals surface area contributed by atoms with Gasteiger partial charge in [-0.3, -0.25) is 4.57 Å². The molecule has 0 saturated heterocycles. The fourth-order valence-electron chi connectivity index (χ4n) is 2.82. The lowest BCUT2D eigenvalue weighted by Gasteiger charge is -2.14. The number of carbonyl (C=O) groups excluding carboxylic acids is 1.